The van der Waals surface area contributed by atoms with Gasteiger partial charge in [-0.05, 0) is 44.0 Å². The van der Waals surface area contributed by atoms with Crippen LogP contribution in [0.5, 0.6) is 0 Å². The molecule has 3 aliphatic heterocycles. The summed E-state index contributed by atoms with van der Waals surface area (Å²) in [5.74, 6) is -1.36. The minimum absolute atomic E-state index is 0.0352. The first kappa shape index (κ1) is 25.0. The fraction of sp³-hybridized carbons (Fsp3) is 0.407. The monoisotopic (exact) mass is 510 g/mol. The lowest BCUT2D eigenvalue weighted by Gasteiger charge is -2.35. The standard InChI is InChI=1S/C27H32F2N6O2/c1-4-16(2)34-9-5-6-18(14-34)31-26-24(29)20-13-30-27(36)23(20)25(33-26)32-22-8-7-19(12-21(22)28)35-10-11-37-15-17(35)3/h4,7-8,12,17-18H,1-2,5-6,9-11,13-15H2,3H3,(H,30,36)(H2,31,32,33)/t17-,18+/m0/s1. The van der Waals surface area contributed by atoms with E-state index in [4.69, 9.17) is 4.74 Å². The van der Waals surface area contributed by atoms with Crippen LogP contribution >= 0.6 is 0 Å². The predicted molar refractivity (Wildman–Crippen MR) is 140 cm³/mol. The van der Waals surface area contributed by atoms with Crippen LogP contribution in [0.1, 0.15) is 35.7 Å². The molecule has 0 bridgehead atoms. The molecule has 1 aromatic heterocycles. The highest BCUT2D eigenvalue weighted by atomic mass is 19.1. The summed E-state index contributed by atoms with van der Waals surface area (Å²) >= 11 is 0. The molecule has 10 heteroatoms. The first-order valence-corrected chi connectivity index (χ1v) is 12.6. The highest BCUT2D eigenvalue weighted by molar-refractivity contribution is 6.03. The number of carbonyl (C=O) groups excluding carboxylic acids is 1. The van der Waals surface area contributed by atoms with Crippen molar-refractivity contribution in [3.8, 4) is 0 Å². The summed E-state index contributed by atoms with van der Waals surface area (Å²) in [5.41, 5.74) is 2.03. The molecule has 0 saturated carbocycles. The number of fused-ring (bicyclic) bond motifs is 1. The second kappa shape index (κ2) is 10.4. The number of likely N-dealkylation sites (tertiary alicyclic amines) is 1. The number of anilines is 4. The number of aromatic nitrogens is 1. The van der Waals surface area contributed by atoms with Gasteiger partial charge in [0.25, 0.3) is 5.91 Å². The quantitative estimate of drug-likeness (QED) is 0.483. The van der Waals surface area contributed by atoms with Crippen molar-refractivity contribution in [3.05, 3.63) is 65.9 Å². The van der Waals surface area contributed by atoms with Crippen LogP contribution in [-0.2, 0) is 11.3 Å². The Bertz CT molecular complexity index is 1240. The molecule has 1 amide bonds. The van der Waals surface area contributed by atoms with E-state index >= 15 is 8.78 Å². The van der Waals surface area contributed by atoms with Crippen molar-refractivity contribution in [3.63, 3.8) is 0 Å². The Morgan fingerprint density at radius 2 is 2.14 bits per heavy atom. The van der Waals surface area contributed by atoms with Crippen LogP contribution in [0.15, 0.2) is 43.1 Å². The number of ether oxygens (including phenoxy) is 1. The Hall–Kier alpha value is -3.66. The maximum atomic E-state index is 15.4. The van der Waals surface area contributed by atoms with E-state index < -0.39 is 17.5 Å². The summed E-state index contributed by atoms with van der Waals surface area (Å²) < 4.78 is 36.1. The number of piperidine rings is 1. The third kappa shape index (κ3) is 4.98. The molecule has 37 heavy (non-hydrogen) atoms. The predicted octanol–water partition coefficient (Wildman–Crippen LogP) is 4.15. The normalized spacial score (nSPS) is 21.3. The summed E-state index contributed by atoms with van der Waals surface area (Å²) in [5, 5.41) is 8.81. The largest absolute Gasteiger partial charge is 0.377 e. The van der Waals surface area contributed by atoms with E-state index in [0.717, 1.165) is 30.8 Å². The van der Waals surface area contributed by atoms with Gasteiger partial charge in [0, 0.05) is 55.2 Å². The number of morpholine rings is 1. The van der Waals surface area contributed by atoms with E-state index in [9.17, 15) is 4.79 Å². The molecule has 0 radical (unpaired) electrons. The van der Waals surface area contributed by atoms with Gasteiger partial charge in [-0.2, -0.15) is 0 Å². The first-order chi connectivity index (χ1) is 17.9. The molecular weight excluding hydrogens is 478 g/mol. The van der Waals surface area contributed by atoms with Crippen LogP contribution < -0.4 is 20.9 Å². The highest BCUT2D eigenvalue weighted by Crippen LogP contribution is 2.34. The van der Waals surface area contributed by atoms with E-state index in [2.05, 4.69) is 43.9 Å². The van der Waals surface area contributed by atoms with Crippen molar-refractivity contribution < 1.29 is 18.3 Å². The molecule has 3 N–H and O–H groups in total. The highest BCUT2D eigenvalue weighted by Gasteiger charge is 2.31. The lowest BCUT2D eigenvalue weighted by Crippen LogP contribution is -2.43. The number of nitrogens with one attached hydrogen (secondary N) is 3. The fourth-order valence-corrected chi connectivity index (χ4v) is 5.17. The number of carbonyl (C=O) groups is 1. The molecule has 4 heterocycles. The Balaban J connectivity index is 1.42. The number of nitrogens with zero attached hydrogens (tertiary/aromatic N) is 3. The lowest BCUT2D eigenvalue weighted by molar-refractivity contribution is 0.0966. The average Bonchev–Trinajstić information content (AvgIpc) is 3.30. The van der Waals surface area contributed by atoms with Crippen molar-refractivity contribution >= 4 is 28.9 Å². The van der Waals surface area contributed by atoms with Crippen molar-refractivity contribution in [1.82, 2.24) is 15.2 Å². The minimum Gasteiger partial charge on any atom is -0.377 e. The van der Waals surface area contributed by atoms with Crippen LogP contribution in [0, 0.1) is 11.6 Å². The lowest BCUT2D eigenvalue weighted by atomic mass is 10.0. The summed E-state index contributed by atoms with van der Waals surface area (Å²) in [7, 11) is 0. The van der Waals surface area contributed by atoms with E-state index in [1.54, 1.807) is 12.1 Å². The van der Waals surface area contributed by atoms with Gasteiger partial charge < -0.3 is 30.5 Å². The van der Waals surface area contributed by atoms with Crippen LogP contribution in [0.25, 0.3) is 0 Å². The number of pyridine rings is 1. The number of halogens is 2. The molecule has 8 nitrogen and oxygen atoms in total. The molecule has 3 aliphatic rings. The van der Waals surface area contributed by atoms with Gasteiger partial charge in [-0.25, -0.2) is 13.8 Å². The molecule has 2 saturated heterocycles. The Morgan fingerprint density at radius 1 is 1.30 bits per heavy atom. The Labute approximate surface area is 215 Å². The summed E-state index contributed by atoms with van der Waals surface area (Å²) in [6, 6.07) is 4.94. The molecule has 0 spiro atoms. The van der Waals surface area contributed by atoms with Gasteiger partial charge in [0.15, 0.2) is 11.6 Å². The minimum atomic E-state index is -0.573. The van der Waals surface area contributed by atoms with Gasteiger partial charge in [0.1, 0.15) is 11.6 Å². The molecule has 2 atom stereocenters. The van der Waals surface area contributed by atoms with Crippen molar-refractivity contribution in [1.29, 1.82) is 0 Å². The Kier molecular flexibility index (Phi) is 7.01. The van der Waals surface area contributed by atoms with Crippen molar-refractivity contribution in [2.45, 2.75) is 38.4 Å². The van der Waals surface area contributed by atoms with E-state index in [1.165, 1.54) is 6.07 Å². The van der Waals surface area contributed by atoms with Crippen LogP contribution in [0.2, 0.25) is 0 Å². The Morgan fingerprint density at radius 3 is 2.89 bits per heavy atom. The van der Waals surface area contributed by atoms with E-state index in [1.807, 2.05) is 13.0 Å². The zero-order valence-electron chi connectivity index (χ0n) is 20.9. The second-order valence-electron chi connectivity index (χ2n) is 9.69. The topological polar surface area (TPSA) is 81.8 Å². The third-order valence-corrected chi connectivity index (χ3v) is 7.20. The maximum Gasteiger partial charge on any atom is 0.255 e. The third-order valence-electron chi connectivity index (χ3n) is 7.20. The SMILES string of the molecule is C=CC(=C)N1CCC[C@@H](Nc2nc(Nc3ccc(N4CCOC[C@@H]4C)cc3F)c3c(c2F)CNC3=O)C1. The molecule has 5 rings (SSSR count). The number of hydrogen-bond acceptors (Lipinski definition) is 7. The van der Waals surface area contributed by atoms with E-state index in [-0.39, 0.29) is 47.1 Å². The second-order valence-corrected chi connectivity index (χ2v) is 9.69. The number of hydrogen-bond donors (Lipinski definition) is 3. The van der Waals surface area contributed by atoms with Gasteiger partial charge in [-0.1, -0.05) is 13.2 Å². The zero-order valence-corrected chi connectivity index (χ0v) is 20.9. The number of benzene rings is 1. The maximum absolute atomic E-state index is 15.4. The van der Waals surface area contributed by atoms with E-state index in [0.29, 0.717) is 26.3 Å². The van der Waals surface area contributed by atoms with Crippen LogP contribution in [0.3, 0.4) is 0 Å². The average molecular weight is 511 g/mol. The van der Waals surface area contributed by atoms with Gasteiger partial charge in [0.2, 0.25) is 0 Å². The van der Waals surface area contributed by atoms with Gasteiger partial charge in [0.05, 0.1) is 24.5 Å². The van der Waals surface area contributed by atoms with Crippen LogP contribution in [0.4, 0.5) is 31.8 Å². The zero-order chi connectivity index (χ0) is 26.1. The van der Waals surface area contributed by atoms with Crippen LogP contribution in [-0.4, -0.2) is 60.7 Å². The number of allylic oxidation sites excluding steroid dienone is 1. The molecule has 2 fully saturated rings. The molecule has 196 valence electrons. The molecule has 1 aromatic carbocycles. The molecule has 0 unspecified atom stereocenters. The summed E-state index contributed by atoms with van der Waals surface area (Å²) in [6.07, 6.45) is 3.44. The van der Waals surface area contributed by atoms with Gasteiger partial charge >= 0.3 is 0 Å². The fourth-order valence-electron chi connectivity index (χ4n) is 5.17. The first-order valence-electron chi connectivity index (χ1n) is 12.6. The number of amides is 1. The van der Waals surface area contributed by atoms with Gasteiger partial charge in [-0.15, -0.1) is 0 Å². The summed E-state index contributed by atoms with van der Waals surface area (Å²) in [6.45, 7) is 13.2. The molecule has 0 aliphatic carbocycles. The molecular formula is C27H32F2N6O2. The van der Waals surface area contributed by atoms with Crippen molar-refractivity contribution in [2.75, 3.05) is 48.4 Å². The smallest absolute Gasteiger partial charge is 0.255 e. The molecule has 2 aromatic rings. The number of rotatable bonds is 7. The summed E-state index contributed by atoms with van der Waals surface area (Å²) in [4.78, 5) is 21.2. The van der Waals surface area contributed by atoms with Crippen molar-refractivity contribution in [2.24, 2.45) is 0 Å². The van der Waals surface area contributed by atoms with Gasteiger partial charge in [-0.3, -0.25) is 4.79 Å².